The Bertz CT molecular complexity index is 1640. The van der Waals surface area contributed by atoms with Crippen LogP contribution in [0, 0.1) is 23.7 Å². The van der Waals surface area contributed by atoms with Crippen molar-refractivity contribution in [3.63, 3.8) is 0 Å². The summed E-state index contributed by atoms with van der Waals surface area (Å²) < 4.78 is 56.4. The number of piperidine rings is 1. The number of hydrogen-bond acceptors (Lipinski definition) is 8. The molecular weight excluding hydrogens is 639 g/mol. The molecule has 49 heavy (non-hydrogen) atoms. The first-order chi connectivity index (χ1) is 23.5. The standard InChI is InChI=1S/C36H42F3N5O5/c37-36(38,39)30-27(31(45)43-35(32(46)47)21-10-19-9-20(12-21)13-22(35)11-19)17-40-33(42-30)44-18-34(5-7-48-8-6-34)28-16-25(3-4-29(28)44)49-26-14-23-1-2-24(15-26)41-23/h3-4,16-17,19-24,26,41H,1-2,5-15,18H2,(H,43,45)(H,46,47)/t19?,20?,21?,22?,23-,24+,26?,35?. The number of nitrogens with one attached hydrogen (secondary N) is 2. The Balaban J connectivity index is 1.03. The molecule has 3 N–H and O–H groups in total. The molecule has 2 aromatic rings. The largest absolute Gasteiger partial charge is 0.490 e. The number of hydrogen-bond donors (Lipinski definition) is 3. The number of ether oxygens (including phenoxy) is 2. The molecule has 1 aromatic carbocycles. The van der Waals surface area contributed by atoms with Crippen LogP contribution in [0.5, 0.6) is 5.75 Å². The molecule has 1 aromatic heterocycles. The molecule has 1 spiro atoms. The van der Waals surface area contributed by atoms with E-state index in [9.17, 15) is 27.9 Å². The second-order valence-electron chi connectivity index (χ2n) is 15.9. The maximum Gasteiger partial charge on any atom is 0.434 e. The van der Waals surface area contributed by atoms with Gasteiger partial charge in [0.05, 0.1) is 5.56 Å². The van der Waals surface area contributed by atoms with Gasteiger partial charge < -0.3 is 30.1 Å². The van der Waals surface area contributed by atoms with Gasteiger partial charge in [0.1, 0.15) is 17.4 Å². The number of benzene rings is 1. The van der Waals surface area contributed by atoms with Crippen molar-refractivity contribution in [1.82, 2.24) is 20.6 Å². The van der Waals surface area contributed by atoms with Crippen LogP contribution >= 0.6 is 0 Å². The molecule has 262 valence electrons. The summed E-state index contributed by atoms with van der Waals surface area (Å²) in [5.41, 5.74) is -2.41. The first kappa shape index (κ1) is 31.5. The molecule has 10 nitrogen and oxygen atoms in total. The Kier molecular flexibility index (Phi) is 7.26. The quantitative estimate of drug-likeness (QED) is 0.369. The predicted molar refractivity (Wildman–Crippen MR) is 171 cm³/mol. The van der Waals surface area contributed by atoms with Gasteiger partial charge in [0.15, 0.2) is 5.69 Å². The van der Waals surface area contributed by atoms with Gasteiger partial charge in [-0.2, -0.15) is 13.2 Å². The van der Waals surface area contributed by atoms with E-state index >= 15 is 0 Å². The van der Waals surface area contributed by atoms with Crippen molar-refractivity contribution in [2.45, 2.75) is 106 Å². The molecule has 4 aliphatic heterocycles. The number of rotatable bonds is 6. The maximum atomic E-state index is 14.7. The number of fused-ring (bicyclic) bond motifs is 4. The molecule has 8 aliphatic rings. The fourth-order valence-electron chi connectivity index (χ4n) is 11.1. The van der Waals surface area contributed by atoms with Gasteiger partial charge in [0.25, 0.3) is 5.91 Å². The van der Waals surface area contributed by atoms with Gasteiger partial charge in [-0.3, -0.25) is 4.79 Å². The van der Waals surface area contributed by atoms with Crippen LogP contribution in [0.15, 0.2) is 24.4 Å². The molecule has 13 heteroatoms. The smallest absolute Gasteiger partial charge is 0.434 e. The van der Waals surface area contributed by atoms with Crippen LogP contribution < -0.4 is 20.3 Å². The Labute approximate surface area is 282 Å². The highest BCUT2D eigenvalue weighted by Gasteiger charge is 2.62. The summed E-state index contributed by atoms with van der Waals surface area (Å²) in [5, 5.41) is 16.7. The zero-order chi connectivity index (χ0) is 33.7. The van der Waals surface area contributed by atoms with Crippen molar-refractivity contribution in [3.05, 3.63) is 41.2 Å². The minimum absolute atomic E-state index is 0.107. The second kappa shape index (κ2) is 11.3. The van der Waals surface area contributed by atoms with E-state index in [2.05, 4.69) is 20.6 Å². The third-order valence-electron chi connectivity index (χ3n) is 13.1. The summed E-state index contributed by atoms with van der Waals surface area (Å²) in [4.78, 5) is 36.7. The van der Waals surface area contributed by atoms with Gasteiger partial charge in [-0.25, -0.2) is 14.8 Å². The highest BCUT2D eigenvalue weighted by molar-refractivity contribution is 5.99. The third-order valence-corrected chi connectivity index (χ3v) is 13.1. The van der Waals surface area contributed by atoms with Gasteiger partial charge in [-0.15, -0.1) is 0 Å². The van der Waals surface area contributed by atoms with Crippen molar-refractivity contribution in [2.75, 3.05) is 24.7 Å². The first-order valence-corrected chi connectivity index (χ1v) is 17.9. The van der Waals surface area contributed by atoms with Crippen molar-refractivity contribution in [1.29, 1.82) is 0 Å². The summed E-state index contributed by atoms with van der Waals surface area (Å²) in [6.07, 6.45) is 5.34. The second-order valence-corrected chi connectivity index (χ2v) is 15.9. The Morgan fingerprint density at radius 1 is 1.00 bits per heavy atom. The number of halogens is 3. The van der Waals surface area contributed by atoms with Crippen LogP contribution in [0.4, 0.5) is 24.8 Å². The third kappa shape index (κ3) is 5.12. The summed E-state index contributed by atoms with van der Waals surface area (Å²) in [5.74, 6) is -1.48. The first-order valence-electron chi connectivity index (χ1n) is 17.9. The van der Waals surface area contributed by atoms with Crippen molar-refractivity contribution >= 4 is 23.5 Å². The average Bonchev–Trinajstić information content (AvgIpc) is 3.57. The lowest BCUT2D eigenvalue weighted by atomic mass is 9.48. The number of aromatic nitrogens is 2. The van der Waals surface area contributed by atoms with E-state index in [0.29, 0.717) is 87.9 Å². The Morgan fingerprint density at radius 2 is 1.67 bits per heavy atom. The number of carboxylic acids is 1. The van der Waals surface area contributed by atoms with Crippen molar-refractivity contribution in [3.8, 4) is 5.75 Å². The van der Waals surface area contributed by atoms with Crippen LogP contribution in [-0.2, 0) is 21.1 Å². The normalized spacial score (nSPS) is 35.4. The fraction of sp³-hybridized carbons (Fsp3) is 0.667. The number of aliphatic carboxylic acids is 1. The summed E-state index contributed by atoms with van der Waals surface area (Å²) in [6, 6.07) is 6.74. The predicted octanol–water partition coefficient (Wildman–Crippen LogP) is 5.37. The Morgan fingerprint density at radius 3 is 2.31 bits per heavy atom. The number of carboxylic acid groups (broad SMARTS) is 1. The number of anilines is 2. The number of amides is 1. The summed E-state index contributed by atoms with van der Waals surface area (Å²) >= 11 is 0. The summed E-state index contributed by atoms with van der Waals surface area (Å²) in [7, 11) is 0. The molecule has 4 aliphatic carbocycles. The van der Waals surface area contributed by atoms with E-state index in [1.54, 1.807) is 4.90 Å². The number of alkyl halides is 3. The molecule has 1 amide bonds. The van der Waals surface area contributed by atoms with Gasteiger partial charge in [-0.05, 0) is 118 Å². The van der Waals surface area contributed by atoms with Crippen molar-refractivity contribution < 1.29 is 37.3 Å². The van der Waals surface area contributed by atoms with Crippen molar-refractivity contribution in [2.24, 2.45) is 23.7 Å². The number of nitrogens with zero attached hydrogens (tertiary/aromatic N) is 3. The lowest BCUT2D eigenvalue weighted by molar-refractivity contribution is -0.163. The lowest BCUT2D eigenvalue weighted by Gasteiger charge is -2.59. The van der Waals surface area contributed by atoms with Gasteiger partial charge in [-0.1, -0.05) is 0 Å². The van der Waals surface area contributed by atoms with Gasteiger partial charge in [0, 0.05) is 49.1 Å². The van der Waals surface area contributed by atoms with Gasteiger partial charge >= 0.3 is 12.1 Å². The highest BCUT2D eigenvalue weighted by atomic mass is 19.4. The van der Waals surface area contributed by atoms with E-state index in [1.165, 1.54) is 0 Å². The zero-order valence-electron chi connectivity index (χ0n) is 27.3. The van der Waals surface area contributed by atoms with E-state index < -0.39 is 34.8 Å². The fourth-order valence-corrected chi connectivity index (χ4v) is 11.1. The molecular formula is C36H42F3N5O5. The van der Waals surface area contributed by atoms with E-state index in [1.807, 2.05) is 18.2 Å². The van der Waals surface area contributed by atoms with E-state index in [4.69, 9.17) is 9.47 Å². The molecule has 3 atom stereocenters. The minimum atomic E-state index is -4.98. The molecule has 4 saturated carbocycles. The van der Waals surface area contributed by atoms with E-state index in [0.717, 1.165) is 49.6 Å². The average molecular weight is 682 g/mol. The lowest BCUT2D eigenvalue weighted by Crippen LogP contribution is -2.70. The number of carbonyl (C=O) groups is 2. The maximum absolute atomic E-state index is 14.7. The van der Waals surface area contributed by atoms with Crippen LogP contribution in [0.25, 0.3) is 0 Å². The van der Waals surface area contributed by atoms with Gasteiger partial charge in [0.2, 0.25) is 5.95 Å². The van der Waals surface area contributed by atoms with Crippen LogP contribution in [0.1, 0.15) is 92.2 Å². The molecule has 7 fully saturated rings. The minimum Gasteiger partial charge on any atom is -0.490 e. The molecule has 1 unspecified atom stereocenters. The Hall–Kier alpha value is -3.45. The molecule has 6 bridgehead atoms. The molecule has 3 saturated heterocycles. The monoisotopic (exact) mass is 681 g/mol. The highest BCUT2D eigenvalue weighted by Crippen LogP contribution is 2.58. The molecule has 5 heterocycles. The van der Waals surface area contributed by atoms with Crippen LogP contribution in [0.3, 0.4) is 0 Å². The summed E-state index contributed by atoms with van der Waals surface area (Å²) in [6.45, 7) is 1.42. The van der Waals surface area contributed by atoms with E-state index in [-0.39, 0.29) is 29.3 Å². The topological polar surface area (TPSA) is 126 Å². The van der Waals surface area contributed by atoms with Crippen LogP contribution in [-0.4, -0.2) is 70.4 Å². The molecule has 0 radical (unpaired) electrons. The molecule has 10 rings (SSSR count). The zero-order valence-corrected chi connectivity index (χ0v) is 27.3. The van der Waals surface area contributed by atoms with Crippen LogP contribution in [0.2, 0.25) is 0 Å². The SMILES string of the molecule is O=C(NC1(C(=O)O)C2CC3CC(C2)CC1C3)c1cnc(N2CC3(CCOCC3)c3cc(OC4C[C@H]5CC[C@@H](C4)N5)ccc32)nc1C(F)(F)F. The number of carbonyl (C=O) groups excluding carboxylic acids is 1.